The smallest absolute Gasteiger partial charge is 0.130 e. The Morgan fingerprint density at radius 3 is 2.32 bits per heavy atom. The Labute approximate surface area is 172 Å². The molecule has 0 bridgehead atoms. The third-order valence-electron chi connectivity index (χ3n) is 4.12. The number of aliphatic hydroxyl groups excluding tert-OH is 1. The molecule has 3 rings (SSSR count). The lowest BCUT2D eigenvalue weighted by atomic mass is 10.2. The van der Waals surface area contributed by atoms with Gasteiger partial charge in [0.05, 0.1) is 17.0 Å². The molecular formula is C17H34IN3O3S. The van der Waals surface area contributed by atoms with E-state index in [1.54, 1.807) is 0 Å². The van der Waals surface area contributed by atoms with E-state index in [-0.39, 0.29) is 46.3 Å². The Morgan fingerprint density at radius 2 is 1.80 bits per heavy atom. The molecule has 0 radical (unpaired) electrons. The summed E-state index contributed by atoms with van der Waals surface area (Å²) in [5.41, 5.74) is 1.18. The average Bonchev–Trinajstić information content (AvgIpc) is 3.13. The van der Waals surface area contributed by atoms with Crippen LogP contribution in [0.15, 0.2) is 6.07 Å². The van der Waals surface area contributed by atoms with E-state index in [4.69, 9.17) is 5.11 Å². The van der Waals surface area contributed by atoms with Crippen LogP contribution >= 0.6 is 35.7 Å². The lowest BCUT2D eigenvalue weighted by Gasteiger charge is -2.20. The van der Waals surface area contributed by atoms with Crippen molar-refractivity contribution in [2.45, 2.75) is 69.3 Å². The topological polar surface area (TPSA) is 121 Å². The maximum Gasteiger partial charge on any atom is 0.130 e. The summed E-state index contributed by atoms with van der Waals surface area (Å²) in [5, 5.41) is 12.9. The van der Waals surface area contributed by atoms with Crippen LogP contribution in [0, 0.1) is 6.92 Å². The third kappa shape index (κ3) is 7.54. The van der Waals surface area contributed by atoms with Crippen molar-refractivity contribution < 1.29 is 16.1 Å². The molecule has 0 spiro atoms. The number of aromatic nitrogens is 2. The van der Waals surface area contributed by atoms with Crippen LogP contribution < -0.4 is 5.32 Å². The number of aliphatic hydroxyl groups is 1. The van der Waals surface area contributed by atoms with Gasteiger partial charge in [0.15, 0.2) is 0 Å². The maximum absolute atomic E-state index is 8.92. The van der Waals surface area contributed by atoms with E-state index >= 15 is 0 Å². The van der Waals surface area contributed by atoms with Gasteiger partial charge in [0.25, 0.3) is 0 Å². The van der Waals surface area contributed by atoms with E-state index in [2.05, 4.69) is 33.1 Å². The lowest BCUT2D eigenvalue weighted by molar-refractivity contribution is 0.311. The second-order valence-corrected chi connectivity index (χ2v) is 7.54. The van der Waals surface area contributed by atoms with Crippen molar-refractivity contribution in [3.05, 3.63) is 17.6 Å². The highest BCUT2D eigenvalue weighted by Crippen LogP contribution is 2.59. The molecule has 8 heteroatoms. The zero-order valence-electron chi connectivity index (χ0n) is 15.5. The van der Waals surface area contributed by atoms with Gasteiger partial charge < -0.3 is 21.4 Å². The molecule has 6 N–H and O–H groups in total. The Morgan fingerprint density at radius 1 is 1.20 bits per heavy atom. The van der Waals surface area contributed by atoms with Gasteiger partial charge in [0.1, 0.15) is 11.6 Å². The standard InChI is InChI=1S/C15H23N3OS.C2H6.HI.2H2O/c1-11-17-13(10-14(18-11)16-8-9-19)15(6-7-15)20-12-4-2-3-5-12;1-2;;;/h10,12,19H,2-9H2,1H3,(H,16,17,18);1-2H3;1H;2*1H2. The molecule has 1 aromatic rings. The number of thioether (sulfide) groups is 1. The highest BCUT2D eigenvalue weighted by atomic mass is 127. The summed E-state index contributed by atoms with van der Waals surface area (Å²) < 4.78 is 0.248. The first-order valence-electron chi connectivity index (χ1n) is 8.60. The van der Waals surface area contributed by atoms with E-state index in [0.717, 1.165) is 16.9 Å². The Hall–Kier alpha value is -0.160. The Bertz CT molecular complexity index is 484. The lowest BCUT2D eigenvalue weighted by Crippen LogP contribution is -2.14. The second-order valence-electron chi connectivity index (χ2n) is 5.85. The molecule has 148 valence electrons. The number of nitrogens with zero attached hydrogens (tertiary/aromatic N) is 2. The highest BCUT2D eigenvalue weighted by Gasteiger charge is 2.48. The first kappa shape index (κ1) is 27.1. The van der Waals surface area contributed by atoms with Crippen LogP contribution in [0.1, 0.15) is 63.9 Å². The van der Waals surface area contributed by atoms with Crippen LogP contribution in [-0.4, -0.2) is 44.4 Å². The summed E-state index contributed by atoms with van der Waals surface area (Å²) in [4.78, 5) is 9.09. The van der Waals surface area contributed by atoms with Gasteiger partial charge in [0.2, 0.25) is 0 Å². The molecule has 2 aliphatic carbocycles. The minimum atomic E-state index is 0. The molecule has 0 aliphatic heterocycles. The normalized spacial score (nSPS) is 17.1. The molecule has 25 heavy (non-hydrogen) atoms. The molecular weight excluding hydrogens is 453 g/mol. The van der Waals surface area contributed by atoms with E-state index in [1.165, 1.54) is 44.2 Å². The Balaban J connectivity index is 0. The summed E-state index contributed by atoms with van der Waals surface area (Å²) in [6.45, 7) is 6.61. The summed E-state index contributed by atoms with van der Waals surface area (Å²) in [5.74, 6) is 1.67. The predicted molar refractivity (Wildman–Crippen MR) is 117 cm³/mol. The van der Waals surface area contributed by atoms with Gasteiger partial charge in [-0.05, 0) is 32.6 Å². The molecule has 2 fully saturated rings. The van der Waals surface area contributed by atoms with Crippen molar-refractivity contribution in [3.63, 3.8) is 0 Å². The number of rotatable bonds is 6. The fourth-order valence-corrected chi connectivity index (χ4v) is 4.72. The fourth-order valence-electron chi connectivity index (χ4n) is 2.95. The van der Waals surface area contributed by atoms with Crippen molar-refractivity contribution in [2.24, 2.45) is 0 Å². The minimum Gasteiger partial charge on any atom is -0.412 e. The first-order chi connectivity index (χ1) is 10.7. The third-order valence-corrected chi connectivity index (χ3v) is 5.99. The molecule has 2 saturated carbocycles. The van der Waals surface area contributed by atoms with Gasteiger partial charge in [0, 0.05) is 17.9 Å². The molecule has 0 atom stereocenters. The molecule has 2 aliphatic rings. The van der Waals surface area contributed by atoms with Crippen LogP contribution in [-0.2, 0) is 4.75 Å². The summed E-state index contributed by atoms with van der Waals surface area (Å²) in [7, 11) is 0. The molecule has 0 aromatic carbocycles. The number of anilines is 1. The van der Waals surface area contributed by atoms with Crippen molar-refractivity contribution in [1.29, 1.82) is 0 Å². The van der Waals surface area contributed by atoms with Gasteiger partial charge in [-0.2, -0.15) is 0 Å². The first-order valence-corrected chi connectivity index (χ1v) is 9.48. The number of hydrogen-bond donors (Lipinski definition) is 2. The van der Waals surface area contributed by atoms with Crippen molar-refractivity contribution in [1.82, 2.24) is 9.97 Å². The van der Waals surface area contributed by atoms with E-state index in [9.17, 15) is 0 Å². The highest BCUT2D eigenvalue weighted by molar-refractivity contribution is 14.0. The maximum atomic E-state index is 8.92. The molecule has 0 amide bonds. The average molecular weight is 487 g/mol. The number of hydrogen-bond acceptors (Lipinski definition) is 5. The molecule has 0 unspecified atom stereocenters. The van der Waals surface area contributed by atoms with Crippen molar-refractivity contribution >= 4 is 41.6 Å². The van der Waals surface area contributed by atoms with Gasteiger partial charge in [-0.15, -0.1) is 35.7 Å². The summed E-state index contributed by atoms with van der Waals surface area (Å²) >= 11 is 2.15. The number of nitrogens with one attached hydrogen (secondary N) is 1. The van der Waals surface area contributed by atoms with Gasteiger partial charge in [-0.1, -0.05) is 26.7 Å². The van der Waals surface area contributed by atoms with E-state index in [1.807, 2.05) is 20.8 Å². The van der Waals surface area contributed by atoms with E-state index < -0.39 is 0 Å². The van der Waals surface area contributed by atoms with Crippen LogP contribution in [0.2, 0.25) is 0 Å². The van der Waals surface area contributed by atoms with Crippen molar-refractivity contribution in [3.8, 4) is 0 Å². The minimum absolute atomic E-state index is 0. The van der Waals surface area contributed by atoms with Crippen LogP contribution in [0.3, 0.4) is 0 Å². The number of halogens is 1. The van der Waals surface area contributed by atoms with Crippen LogP contribution in [0.25, 0.3) is 0 Å². The second kappa shape index (κ2) is 13.1. The molecule has 6 nitrogen and oxygen atoms in total. The fraction of sp³-hybridized carbons (Fsp3) is 0.765. The molecule has 1 aromatic heterocycles. The van der Waals surface area contributed by atoms with Crippen LogP contribution in [0.5, 0.6) is 0 Å². The number of aryl methyl sites for hydroxylation is 1. The van der Waals surface area contributed by atoms with Gasteiger partial charge in [-0.25, -0.2) is 9.97 Å². The SMILES string of the molecule is CC.Cc1nc(NCCO)cc(C2(SC3CCCC3)CC2)n1.I.O.O. The monoisotopic (exact) mass is 487 g/mol. The van der Waals surface area contributed by atoms with Crippen LogP contribution in [0.4, 0.5) is 5.82 Å². The van der Waals surface area contributed by atoms with Gasteiger partial charge in [-0.3, -0.25) is 0 Å². The predicted octanol–water partition coefficient (Wildman–Crippen LogP) is 2.85. The molecule has 1 heterocycles. The van der Waals surface area contributed by atoms with Gasteiger partial charge >= 0.3 is 0 Å². The van der Waals surface area contributed by atoms with E-state index in [0.29, 0.717) is 6.54 Å². The van der Waals surface area contributed by atoms with Crippen molar-refractivity contribution in [2.75, 3.05) is 18.5 Å². The summed E-state index contributed by atoms with van der Waals surface area (Å²) in [6, 6.07) is 2.08. The quantitative estimate of drug-likeness (QED) is 0.598. The summed E-state index contributed by atoms with van der Waals surface area (Å²) in [6.07, 6.45) is 7.99. The molecule has 0 saturated heterocycles. The zero-order valence-corrected chi connectivity index (χ0v) is 18.6. The zero-order chi connectivity index (χ0) is 16.0. The Kier molecular flexibility index (Phi) is 14.2. The largest absolute Gasteiger partial charge is 0.412 e.